The monoisotopic (exact) mass is 513 g/mol. The maximum atomic E-state index is 12.3. The van der Waals surface area contributed by atoms with Crippen molar-refractivity contribution in [3.63, 3.8) is 0 Å². The van der Waals surface area contributed by atoms with Crippen molar-refractivity contribution in [3.8, 4) is 10.6 Å². The molecule has 35 heavy (non-hydrogen) atoms. The van der Waals surface area contributed by atoms with Gasteiger partial charge in [-0.3, -0.25) is 4.98 Å². The number of nitrogens with zero attached hydrogens (tertiary/aromatic N) is 4. The van der Waals surface area contributed by atoms with E-state index >= 15 is 0 Å². The van der Waals surface area contributed by atoms with Crippen molar-refractivity contribution in [2.24, 2.45) is 17.8 Å². The number of aryl methyl sites for hydroxylation is 3. The predicted octanol–water partition coefficient (Wildman–Crippen LogP) is 3.63. The summed E-state index contributed by atoms with van der Waals surface area (Å²) in [4.78, 5) is 19.2. The lowest BCUT2D eigenvalue weighted by Gasteiger charge is -2.20. The number of aromatic nitrogens is 4. The number of nitrogens with one attached hydrogen (secondary N) is 3. The van der Waals surface area contributed by atoms with E-state index in [0.717, 1.165) is 63.1 Å². The van der Waals surface area contributed by atoms with Gasteiger partial charge in [0.1, 0.15) is 16.3 Å². The Morgan fingerprint density at radius 1 is 1.03 bits per heavy atom. The van der Waals surface area contributed by atoms with Crippen LogP contribution < -0.4 is 15.4 Å². The maximum Gasteiger partial charge on any atom is 0.224 e. The molecule has 0 radical (unpaired) electrons. The predicted molar refractivity (Wildman–Crippen MR) is 139 cm³/mol. The number of hydrogen-bond acceptors (Lipinski definition) is 9. The molecule has 6 rings (SSSR count). The van der Waals surface area contributed by atoms with Gasteiger partial charge in [0.05, 0.1) is 26.9 Å². The third kappa shape index (κ3) is 4.27. The van der Waals surface area contributed by atoms with Gasteiger partial charge in [-0.1, -0.05) is 0 Å². The molecule has 3 fully saturated rings. The van der Waals surface area contributed by atoms with Gasteiger partial charge in [0.15, 0.2) is 0 Å². The van der Waals surface area contributed by atoms with E-state index in [1.807, 2.05) is 20.8 Å². The molecule has 0 bridgehead atoms. The van der Waals surface area contributed by atoms with Crippen molar-refractivity contribution >= 4 is 43.3 Å². The summed E-state index contributed by atoms with van der Waals surface area (Å²) in [5.41, 5.74) is 4.61. The van der Waals surface area contributed by atoms with Gasteiger partial charge < -0.3 is 10.6 Å². The Morgan fingerprint density at radius 3 is 2.46 bits per heavy atom. The van der Waals surface area contributed by atoms with E-state index in [0.29, 0.717) is 11.9 Å². The molecule has 0 amide bonds. The highest BCUT2D eigenvalue weighted by Gasteiger charge is 2.62. The Hall–Kier alpha value is -2.37. The molecule has 11 heteroatoms. The standard InChI is InChI=1S/C24H31N7O2S2/c1-11-7-18-20(13(3)27-11)30-23(34-18)19-12(2)28-24(26-10-14-5-6-14)31-22(19)29-15-8-16-17(9-15)21(16)35(32,33)25-4/h7,14-17,21,25H,5-6,8-10H2,1-4H3,(H2,26,28,29,31). The Bertz CT molecular complexity index is 1400. The van der Waals surface area contributed by atoms with E-state index in [-0.39, 0.29) is 23.1 Å². The molecule has 3 aromatic heterocycles. The minimum Gasteiger partial charge on any atom is -0.367 e. The minimum absolute atomic E-state index is 0.178. The third-order valence-corrected chi connectivity index (χ3v) is 10.6. The third-order valence-electron chi connectivity index (χ3n) is 7.58. The van der Waals surface area contributed by atoms with Crippen LogP contribution in [0.25, 0.3) is 20.8 Å². The molecule has 3 aliphatic rings. The van der Waals surface area contributed by atoms with Crippen molar-refractivity contribution in [1.29, 1.82) is 0 Å². The number of fused-ring (bicyclic) bond motifs is 2. The molecule has 0 spiro atoms. The largest absolute Gasteiger partial charge is 0.367 e. The molecular formula is C24H31N7O2S2. The molecular weight excluding hydrogens is 482 g/mol. The van der Waals surface area contributed by atoms with E-state index in [2.05, 4.69) is 26.4 Å². The number of anilines is 2. The topological polar surface area (TPSA) is 122 Å². The highest BCUT2D eigenvalue weighted by Crippen LogP contribution is 2.56. The van der Waals surface area contributed by atoms with Crippen molar-refractivity contribution in [2.45, 2.75) is 57.7 Å². The second kappa shape index (κ2) is 8.35. The Kier molecular flexibility index (Phi) is 5.50. The quantitative estimate of drug-likeness (QED) is 0.417. The zero-order chi connectivity index (χ0) is 24.5. The first-order valence-corrected chi connectivity index (χ1v) is 14.7. The average Bonchev–Trinajstić information content (AvgIpc) is 3.67. The summed E-state index contributed by atoms with van der Waals surface area (Å²) >= 11 is 1.64. The van der Waals surface area contributed by atoms with E-state index in [1.165, 1.54) is 19.9 Å². The van der Waals surface area contributed by atoms with Crippen LogP contribution in [0.4, 0.5) is 11.8 Å². The first-order chi connectivity index (χ1) is 16.7. The van der Waals surface area contributed by atoms with Crippen LogP contribution in [0.15, 0.2) is 6.07 Å². The molecule has 2 unspecified atom stereocenters. The van der Waals surface area contributed by atoms with Crippen LogP contribution in [0.5, 0.6) is 0 Å². The summed E-state index contributed by atoms with van der Waals surface area (Å²) in [6.07, 6.45) is 4.17. The maximum absolute atomic E-state index is 12.3. The van der Waals surface area contributed by atoms with E-state index in [9.17, 15) is 8.42 Å². The Morgan fingerprint density at radius 2 is 1.77 bits per heavy atom. The molecule has 0 aliphatic heterocycles. The smallest absolute Gasteiger partial charge is 0.224 e. The lowest BCUT2D eigenvalue weighted by molar-refractivity contribution is 0.569. The van der Waals surface area contributed by atoms with Gasteiger partial charge in [0.2, 0.25) is 16.0 Å². The summed E-state index contributed by atoms with van der Waals surface area (Å²) in [5, 5.41) is 7.69. The first kappa shape index (κ1) is 23.1. The number of hydrogen-bond donors (Lipinski definition) is 3. The second-order valence-electron chi connectivity index (χ2n) is 10.2. The summed E-state index contributed by atoms with van der Waals surface area (Å²) in [6.45, 7) is 6.89. The fourth-order valence-electron chi connectivity index (χ4n) is 5.59. The van der Waals surface area contributed by atoms with E-state index in [1.54, 1.807) is 11.3 Å². The molecule has 9 nitrogen and oxygen atoms in total. The summed E-state index contributed by atoms with van der Waals surface area (Å²) in [6, 6.07) is 2.25. The molecule has 2 atom stereocenters. The lowest BCUT2D eigenvalue weighted by atomic mass is 10.1. The number of thiazole rings is 1. The molecule has 3 heterocycles. The Balaban J connectivity index is 1.32. The second-order valence-corrected chi connectivity index (χ2v) is 13.3. The normalized spacial score (nSPS) is 25.6. The molecule has 0 aromatic carbocycles. The van der Waals surface area contributed by atoms with Gasteiger partial charge in [0.25, 0.3) is 0 Å². The minimum atomic E-state index is -3.20. The number of pyridine rings is 1. The summed E-state index contributed by atoms with van der Waals surface area (Å²) < 4.78 is 28.1. The van der Waals surface area contributed by atoms with Crippen LogP contribution in [0.1, 0.15) is 42.8 Å². The van der Waals surface area contributed by atoms with Gasteiger partial charge in [-0.15, -0.1) is 11.3 Å². The molecule has 3 saturated carbocycles. The molecule has 3 aromatic rings. The van der Waals surface area contributed by atoms with Crippen molar-refractivity contribution in [3.05, 3.63) is 23.1 Å². The Labute approximate surface area is 209 Å². The van der Waals surface area contributed by atoms with Crippen LogP contribution in [-0.4, -0.2) is 53.2 Å². The zero-order valence-corrected chi connectivity index (χ0v) is 22.1. The van der Waals surface area contributed by atoms with Crippen LogP contribution >= 0.6 is 11.3 Å². The molecule has 3 N–H and O–H groups in total. The number of sulfonamides is 1. The zero-order valence-electron chi connectivity index (χ0n) is 20.4. The SMILES string of the molecule is CNS(=O)(=O)C1C2CC(Nc3nc(NCC4CC4)nc(C)c3-c3nc4c(C)nc(C)cc4s3)CC21. The fraction of sp³-hybridized carbons (Fsp3) is 0.583. The average molecular weight is 514 g/mol. The van der Waals surface area contributed by atoms with E-state index in [4.69, 9.17) is 15.0 Å². The molecule has 186 valence electrons. The van der Waals surface area contributed by atoms with Gasteiger partial charge in [-0.25, -0.2) is 23.1 Å². The van der Waals surface area contributed by atoms with Crippen LogP contribution in [0, 0.1) is 38.5 Å². The van der Waals surface area contributed by atoms with Gasteiger partial charge >= 0.3 is 0 Å². The van der Waals surface area contributed by atoms with Crippen LogP contribution in [-0.2, 0) is 10.0 Å². The van der Waals surface area contributed by atoms with Crippen molar-refractivity contribution in [1.82, 2.24) is 24.7 Å². The number of rotatable bonds is 8. The highest BCUT2D eigenvalue weighted by atomic mass is 32.2. The summed E-state index contributed by atoms with van der Waals surface area (Å²) in [5.74, 6) is 2.54. The molecule has 3 aliphatic carbocycles. The molecule has 0 saturated heterocycles. The van der Waals surface area contributed by atoms with E-state index < -0.39 is 10.0 Å². The van der Waals surface area contributed by atoms with Gasteiger partial charge in [0, 0.05) is 18.3 Å². The highest BCUT2D eigenvalue weighted by molar-refractivity contribution is 7.90. The summed E-state index contributed by atoms with van der Waals surface area (Å²) in [7, 11) is -1.70. The van der Waals surface area contributed by atoms with Gasteiger partial charge in [-0.05, 0) is 77.3 Å². The van der Waals surface area contributed by atoms with Crippen LogP contribution in [0.2, 0.25) is 0 Å². The van der Waals surface area contributed by atoms with Crippen LogP contribution in [0.3, 0.4) is 0 Å². The van der Waals surface area contributed by atoms with Crippen molar-refractivity contribution in [2.75, 3.05) is 24.2 Å². The van der Waals surface area contributed by atoms with Gasteiger partial charge in [-0.2, -0.15) is 4.98 Å². The van der Waals surface area contributed by atoms with Crippen molar-refractivity contribution < 1.29 is 8.42 Å². The first-order valence-electron chi connectivity index (χ1n) is 12.3. The fourth-order valence-corrected chi connectivity index (χ4v) is 8.53. The lowest BCUT2D eigenvalue weighted by Crippen LogP contribution is -2.29.